The smallest absolute Gasteiger partial charge is 0.0903 e. The molecule has 2 fully saturated rings. The van der Waals surface area contributed by atoms with E-state index in [1.165, 1.54) is 37.7 Å². The predicted molar refractivity (Wildman–Crippen MR) is 86.6 cm³/mol. The van der Waals surface area contributed by atoms with Gasteiger partial charge < -0.3 is 4.74 Å². The number of hydrogen-bond acceptors (Lipinski definition) is 1. The zero-order chi connectivity index (χ0) is 13.9. The molecule has 3 rings (SSSR count). The second-order valence-corrected chi connectivity index (χ2v) is 7.00. The van der Waals surface area contributed by atoms with Crippen molar-refractivity contribution >= 4 is 15.9 Å². The van der Waals surface area contributed by atoms with Crippen LogP contribution in [0.4, 0.5) is 0 Å². The van der Waals surface area contributed by atoms with Gasteiger partial charge in [0.1, 0.15) is 0 Å². The first-order chi connectivity index (χ1) is 9.79. The van der Waals surface area contributed by atoms with Crippen molar-refractivity contribution in [2.75, 3.05) is 0 Å². The Hall–Kier alpha value is -0.600. The Morgan fingerprint density at radius 3 is 2.60 bits per heavy atom. The summed E-state index contributed by atoms with van der Waals surface area (Å²) in [5, 5.41) is 0. The van der Waals surface area contributed by atoms with Gasteiger partial charge in [0.15, 0.2) is 0 Å². The van der Waals surface area contributed by atoms with Crippen molar-refractivity contribution in [1.29, 1.82) is 0 Å². The van der Waals surface area contributed by atoms with Gasteiger partial charge in [0.2, 0.25) is 0 Å². The van der Waals surface area contributed by atoms with E-state index in [0.29, 0.717) is 12.0 Å². The van der Waals surface area contributed by atoms with Crippen LogP contribution in [-0.4, -0.2) is 6.10 Å². The fraction of sp³-hybridized carbons (Fsp3) is 0.556. The Morgan fingerprint density at radius 1 is 1.15 bits per heavy atom. The van der Waals surface area contributed by atoms with Gasteiger partial charge in [-0.25, -0.2) is 0 Å². The van der Waals surface area contributed by atoms with Crippen LogP contribution in [-0.2, 0) is 4.74 Å². The first-order valence-electron chi connectivity index (χ1n) is 7.82. The highest BCUT2D eigenvalue weighted by Gasteiger charge is 2.39. The third-order valence-electron chi connectivity index (χ3n) is 4.90. The maximum atomic E-state index is 6.47. The summed E-state index contributed by atoms with van der Waals surface area (Å²) in [6, 6.07) is 8.43. The largest absolute Gasteiger partial charge is 0.369 e. The highest BCUT2D eigenvalue weighted by Crippen LogP contribution is 2.45. The minimum Gasteiger partial charge on any atom is -0.369 e. The molecule has 0 spiro atoms. The van der Waals surface area contributed by atoms with Crippen LogP contribution in [0.25, 0.3) is 0 Å². The van der Waals surface area contributed by atoms with E-state index in [-0.39, 0.29) is 6.10 Å². The summed E-state index contributed by atoms with van der Waals surface area (Å²) in [5.74, 6) is 1.21. The molecule has 0 unspecified atom stereocenters. The lowest BCUT2D eigenvalue weighted by Gasteiger charge is -2.27. The van der Waals surface area contributed by atoms with Gasteiger partial charge in [-0.3, -0.25) is 0 Å². The molecule has 0 amide bonds. The minimum absolute atomic E-state index is 0.176. The van der Waals surface area contributed by atoms with E-state index in [1.54, 1.807) is 0 Å². The molecule has 1 heterocycles. The molecular weight excluding hydrogens is 312 g/mol. The van der Waals surface area contributed by atoms with Gasteiger partial charge in [0, 0.05) is 10.4 Å². The average Bonchev–Trinajstić information content (AvgIpc) is 2.93. The minimum atomic E-state index is 0.176. The van der Waals surface area contributed by atoms with Crippen LogP contribution in [0, 0.1) is 11.8 Å². The lowest BCUT2D eigenvalue weighted by molar-refractivity contribution is -0.00450. The SMILES string of the molecule is C=C[C@@H]1C[C@H](C2CCCCC2)O[C@@H]1c1ccccc1Br. The standard InChI is InChI=1S/C18H23BrO/c1-2-13-12-17(14-8-4-3-5-9-14)20-18(13)15-10-6-7-11-16(15)19/h2,6-7,10-11,13-14,17-18H,1,3-5,8-9,12H2/t13-,17-,18+/m1/s1. The maximum Gasteiger partial charge on any atom is 0.0903 e. The quantitative estimate of drug-likeness (QED) is 0.648. The van der Waals surface area contributed by atoms with Gasteiger partial charge in [-0.1, -0.05) is 59.5 Å². The fourth-order valence-corrected chi connectivity index (χ4v) is 4.29. The third-order valence-corrected chi connectivity index (χ3v) is 5.63. The Bertz CT molecular complexity index is 464. The summed E-state index contributed by atoms with van der Waals surface area (Å²) < 4.78 is 7.62. The molecule has 0 N–H and O–H groups in total. The topological polar surface area (TPSA) is 9.23 Å². The zero-order valence-corrected chi connectivity index (χ0v) is 13.5. The number of ether oxygens (including phenoxy) is 1. The molecule has 108 valence electrons. The van der Waals surface area contributed by atoms with Crippen molar-refractivity contribution in [1.82, 2.24) is 0 Å². The molecule has 1 aliphatic carbocycles. The maximum absolute atomic E-state index is 6.47. The Kier molecular flexibility index (Phi) is 4.62. The molecule has 1 saturated heterocycles. The van der Waals surface area contributed by atoms with Crippen molar-refractivity contribution in [2.24, 2.45) is 11.8 Å². The second-order valence-electron chi connectivity index (χ2n) is 6.15. The van der Waals surface area contributed by atoms with E-state index in [0.717, 1.165) is 16.8 Å². The molecule has 0 radical (unpaired) electrons. The van der Waals surface area contributed by atoms with Crippen molar-refractivity contribution in [3.05, 3.63) is 47.0 Å². The van der Waals surface area contributed by atoms with Crippen LogP contribution >= 0.6 is 15.9 Å². The van der Waals surface area contributed by atoms with E-state index in [9.17, 15) is 0 Å². The molecule has 0 aromatic heterocycles. The van der Waals surface area contributed by atoms with Crippen molar-refractivity contribution in [3.63, 3.8) is 0 Å². The first kappa shape index (κ1) is 14.3. The van der Waals surface area contributed by atoms with Crippen LogP contribution in [0.5, 0.6) is 0 Å². The van der Waals surface area contributed by atoms with E-state index in [4.69, 9.17) is 4.74 Å². The van der Waals surface area contributed by atoms with Gasteiger partial charge in [-0.2, -0.15) is 0 Å². The van der Waals surface area contributed by atoms with E-state index >= 15 is 0 Å². The van der Waals surface area contributed by atoms with Crippen molar-refractivity contribution in [2.45, 2.75) is 50.7 Å². The molecule has 0 bridgehead atoms. The number of halogens is 1. The summed E-state index contributed by atoms with van der Waals surface area (Å²) in [6.45, 7) is 4.03. The highest BCUT2D eigenvalue weighted by molar-refractivity contribution is 9.10. The lowest BCUT2D eigenvalue weighted by Crippen LogP contribution is -2.22. The predicted octanol–water partition coefficient (Wildman–Crippen LogP) is 5.66. The first-order valence-corrected chi connectivity index (χ1v) is 8.61. The molecule has 2 aliphatic rings. The third kappa shape index (κ3) is 2.87. The van der Waals surface area contributed by atoms with Crippen LogP contribution in [0.1, 0.15) is 50.2 Å². The van der Waals surface area contributed by atoms with Crippen LogP contribution in [0.2, 0.25) is 0 Å². The Morgan fingerprint density at radius 2 is 1.90 bits per heavy atom. The average molecular weight is 335 g/mol. The Balaban J connectivity index is 1.78. The van der Waals surface area contributed by atoms with E-state index < -0.39 is 0 Å². The fourth-order valence-electron chi connectivity index (χ4n) is 3.78. The van der Waals surface area contributed by atoms with Crippen LogP contribution < -0.4 is 0 Å². The van der Waals surface area contributed by atoms with Crippen molar-refractivity contribution < 1.29 is 4.74 Å². The number of benzene rings is 1. The van der Waals surface area contributed by atoms with Gasteiger partial charge in [-0.05, 0) is 36.8 Å². The van der Waals surface area contributed by atoms with Gasteiger partial charge >= 0.3 is 0 Å². The Labute approximate surface area is 130 Å². The summed E-state index contributed by atoms with van der Waals surface area (Å²) in [6.07, 6.45) is 10.7. The number of hydrogen-bond donors (Lipinski definition) is 0. The molecule has 1 aromatic rings. The molecule has 1 aliphatic heterocycles. The van der Waals surface area contributed by atoms with E-state index in [2.05, 4.69) is 52.9 Å². The van der Waals surface area contributed by atoms with Gasteiger partial charge in [0.25, 0.3) is 0 Å². The molecule has 1 saturated carbocycles. The monoisotopic (exact) mass is 334 g/mol. The number of rotatable bonds is 3. The molecule has 2 heteroatoms. The van der Waals surface area contributed by atoms with E-state index in [1.807, 2.05) is 0 Å². The second kappa shape index (κ2) is 6.44. The molecule has 1 aromatic carbocycles. The zero-order valence-electron chi connectivity index (χ0n) is 11.9. The van der Waals surface area contributed by atoms with Crippen molar-refractivity contribution in [3.8, 4) is 0 Å². The normalized spacial score (nSPS) is 31.4. The molecular formula is C18H23BrO. The lowest BCUT2D eigenvalue weighted by atomic mass is 9.82. The van der Waals surface area contributed by atoms with Gasteiger partial charge in [-0.15, -0.1) is 6.58 Å². The van der Waals surface area contributed by atoms with Crippen LogP contribution in [0.3, 0.4) is 0 Å². The summed E-state index contributed by atoms with van der Waals surface area (Å²) >= 11 is 3.66. The molecule has 1 nitrogen and oxygen atoms in total. The highest BCUT2D eigenvalue weighted by atomic mass is 79.9. The summed E-state index contributed by atoms with van der Waals surface area (Å²) in [7, 11) is 0. The molecule has 3 atom stereocenters. The molecule has 20 heavy (non-hydrogen) atoms. The van der Waals surface area contributed by atoms with Gasteiger partial charge in [0.05, 0.1) is 12.2 Å². The summed E-state index contributed by atoms with van der Waals surface area (Å²) in [5.41, 5.74) is 1.27. The summed E-state index contributed by atoms with van der Waals surface area (Å²) in [4.78, 5) is 0. The van der Waals surface area contributed by atoms with Crippen LogP contribution in [0.15, 0.2) is 41.4 Å².